The van der Waals surface area contributed by atoms with E-state index < -0.39 is 11.2 Å². The summed E-state index contributed by atoms with van der Waals surface area (Å²) in [5, 5.41) is 0. The van der Waals surface area contributed by atoms with E-state index in [4.69, 9.17) is 4.74 Å². The molecule has 0 aliphatic carbocycles. The molecule has 0 saturated heterocycles. The average Bonchev–Trinajstić information content (AvgIpc) is 3.23. The molecule has 3 aromatic heterocycles. The Balaban J connectivity index is 2.08. The predicted octanol–water partition coefficient (Wildman–Crippen LogP) is 2.20. The van der Waals surface area contributed by atoms with Crippen molar-refractivity contribution in [3.63, 3.8) is 0 Å². The van der Waals surface area contributed by atoms with Crippen LogP contribution in [0.1, 0.15) is 5.69 Å². The SMILES string of the molecule is C=CCOc1ccccc1-n1c(C)cn2c3c(=O)n(CC=C)c(=O)n(C)c3nc12. The van der Waals surface area contributed by atoms with Gasteiger partial charge in [-0.15, -0.1) is 6.58 Å². The molecule has 0 bridgehead atoms. The number of allylic oxidation sites excluding steroid dienone is 1. The van der Waals surface area contributed by atoms with Gasteiger partial charge in [0.2, 0.25) is 5.78 Å². The number of nitrogens with zero attached hydrogens (tertiary/aromatic N) is 5. The molecule has 0 aliphatic heterocycles. The summed E-state index contributed by atoms with van der Waals surface area (Å²) in [6, 6.07) is 7.57. The maximum atomic E-state index is 13.0. The van der Waals surface area contributed by atoms with Crippen LogP contribution in [-0.2, 0) is 13.6 Å². The first-order valence-electron chi connectivity index (χ1n) is 9.13. The summed E-state index contributed by atoms with van der Waals surface area (Å²) < 4.78 is 12.0. The van der Waals surface area contributed by atoms with Crippen LogP contribution in [0.3, 0.4) is 0 Å². The summed E-state index contributed by atoms with van der Waals surface area (Å²) in [6.07, 6.45) is 5.03. The normalized spacial score (nSPS) is 11.2. The molecule has 1 aromatic carbocycles. The minimum atomic E-state index is -0.429. The van der Waals surface area contributed by atoms with E-state index >= 15 is 0 Å². The lowest BCUT2D eigenvalue weighted by molar-refractivity contribution is 0.362. The Morgan fingerprint density at radius 1 is 1.17 bits per heavy atom. The molecular formula is C21H21N5O3. The van der Waals surface area contributed by atoms with E-state index in [1.165, 1.54) is 10.6 Å². The second-order valence-corrected chi connectivity index (χ2v) is 6.67. The molecule has 0 saturated carbocycles. The number of rotatable bonds is 6. The number of imidazole rings is 2. The quantitative estimate of drug-likeness (QED) is 0.472. The lowest BCUT2D eigenvalue weighted by Crippen LogP contribution is -2.39. The Hall–Kier alpha value is -3.81. The first-order valence-corrected chi connectivity index (χ1v) is 9.13. The minimum absolute atomic E-state index is 0.132. The maximum Gasteiger partial charge on any atom is 0.332 e. The summed E-state index contributed by atoms with van der Waals surface area (Å²) in [5.41, 5.74) is 1.50. The largest absolute Gasteiger partial charge is 0.487 e. The van der Waals surface area contributed by atoms with Crippen LogP contribution < -0.4 is 16.0 Å². The second-order valence-electron chi connectivity index (χ2n) is 6.67. The highest BCUT2D eigenvalue weighted by Crippen LogP contribution is 2.27. The monoisotopic (exact) mass is 391 g/mol. The van der Waals surface area contributed by atoms with Gasteiger partial charge in [0.25, 0.3) is 5.56 Å². The molecule has 0 amide bonds. The molecule has 0 aliphatic rings. The zero-order valence-corrected chi connectivity index (χ0v) is 16.3. The molecule has 29 heavy (non-hydrogen) atoms. The van der Waals surface area contributed by atoms with Crippen LogP contribution in [0.4, 0.5) is 0 Å². The molecule has 8 nitrogen and oxygen atoms in total. The highest BCUT2D eigenvalue weighted by atomic mass is 16.5. The van der Waals surface area contributed by atoms with Crippen molar-refractivity contribution in [3.05, 3.63) is 82.3 Å². The molecule has 8 heteroatoms. The van der Waals surface area contributed by atoms with Gasteiger partial charge < -0.3 is 4.74 Å². The summed E-state index contributed by atoms with van der Waals surface area (Å²) >= 11 is 0. The topological polar surface area (TPSA) is 75.5 Å². The van der Waals surface area contributed by atoms with Gasteiger partial charge in [-0.05, 0) is 19.1 Å². The van der Waals surface area contributed by atoms with Crippen molar-refractivity contribution >= 4 is 16.9 Å². The number of aryl methyl sites for hydroxylation is 2. The number of benzene rings is 1. The zero-order valence-electron chi connectivity index (χ0n) is 16.3. The number of aromatic nitrogens is 5. The van der Waals surface area contributed by atoms with Gasteiger partial charge in [0.15, 0.2) is 11.2 Å². The number of para-hydroxylation sites is 2. The van der Waals surface area contributed by atoms with Crippen molar-refractivity contribution in [2.45, 2.75) is 13.5 Å². The summed E-state index contributed by atoms with van der Waals surface area (Å²) in [4.78, 5) is 30.2. The van der Waals surface area contributed by atoms with Crippen molar-refractivity contribution in [2.24, 2.45) is 7.05 Å². The fourth-order valence-corrected chi connectivity index (χ4v) is 3.51. The van der Waals surface area contributed by atoms with Crippen molar-refractivity contribution in [1.29, 1.82) is 0 Å². The molecule has 4 rings (SSSR count). The van der Waals surface area contributed by atoms with Crippen LogP contribution in [0.2, 0.25) is 0 Å². The van der Waals surface area contributed by atoms with Crippen LogP contribution in [0, 0.1) is 6.92 Å². The fraction of sp³-hybridized carbons (Fsp3) is 0.190. The van der Waals surface area contributed by atoms with Crippen LogP contribution in [0.25, 0.3) is 22.6 Å². The van der Waals surface area contributed by atoms with E-state index in [0.717, 1.165) is 15.9 Å². The van der Waals surface area contributed by atoms with E-state index in [-0.39, 0.29) is 6.54 Å². The third kappa shape index (κ3) is 2.72. The van der Waals surface area contributed by atoms with E-state index in [2.05, 4.69) is 18.1 Å². The van der Waals surface area contributed by atoms with Crippen molar-refractivity contribution in [3.8, 4) is 11.4 Å². The minimum Gasteiger partial charge on any atom is -0.487 e. The Kier molecular flexibility index (Phi) is 4.46. The Labute approximate surface area is 166 Å². The van der Waals surface area contributed by atoms with E-state index in [1.807, 2.05) is 42.0 Å². The highest BCUT2D eigenvalue weighted by molar-refractivity contribution is 5.76. The highest BCUT2D eigenvalue weighted by Gasteiger charge is 2.21. The lowest BCUT2D eigenvalue weighted by Gasteiger charge is -2.12. The van der Waals surface area contributed by atoms with Crippen LogP contribution in [0.5, 0.6) is 5.75 Å². The van der Waals surface area contributed by atoms with Gasteiger partial charge in [0.1, 0.15) is 12.4 Å². The summed E-state index contributed by atoms with van der Waals surface area (Å²) in [6.45, 7) is 9.75. The number of fused-ring (bicyclic) bond motifs is 3. The number of hydrogen-bond acceptors (Lipinski definition) is 4. The van der Waals surface area contributed by atoms with Gasteiger partial charge in [-0.3, -0.25) is 22.9 Å². The van der Waals surface area contributed by atoms with Gasteiger partial charge in [-0.25, -0.2) is 4.79 Å². The molecule has 0 spiro atoms. The molecule has 0 fully saturated rings. The third-order valence-corrected chi connectivity index (χ3v) is 4.80. The van der Waals surface area contributed by atoms with Gasteiger partial charge in [-0.1, -0.05) is 30.9 Å². The number of hydrogen-bond donors (Lipinski definition) is 0. The molecule has 0 N–H and O–H groups in total. The van der Waals surface area contributed by atoms with E-state index in [0.29, 0.717) is 29.3 Å². The average molecular weight is 391 g/mol. The van der Waals surface area contributed by atoms with Crippen LogP contribution in [-0.4, -0.2) is 29.7 Å². The molecular weight excluding hydrogens is 370 g/mol. The molecule has 4 aromatic rings. The number of ether oxygens (including phenoxy) is 1. The van der Waals surface area contributed by atoms with E-state index in [9.17, 15) is 9.59 Å². The third-order valence-electron chi connectivity index (χ3n) is 4.80. The van der Waals surface area contributed by atoms with Gasteiger partial charge in [0.05, 0.1) is 5.69 Å². The van der Waals surface area contributed by atoms with Crippen molar-refractivity contribution in [2.75, 3.05) is 6.61 Å². The molecule has 0 radical (unpaired) electrons. The summed E-state index contributed by atoms with van der Waals surface area (Å²) in [7, 11) is 1.61. The van der Waals surface area contributed by atoms with Crippen LogP contribution in [0.15, 0.2) is 65.4 Å². The van der Waals surface area contributed by atoms with Crippen molar-refractivity contribution < 1.29 is 4.74 Å². The second kappa shape index (κ2) is 6.97. The molecule has 0 atom stereocenters. The Morgan fingerprint density at radius 2 is 1.93 bits per heavy atom. The van der Waals surface area contributed by atoms with E-state index in [1.54, 1.807) is 17.5 Å². The van der Waals surface area contributed by atoms with Crippen molar-refractivity contribution in [1.82, 2.24) is 23.1 Å². The Bertz CT molecular complexity index is 1380. The standard InChI is InChI=1S/C21H21N5O3/c1-5-11-24-19(27)17-18(23(4)21(24)28)22-20-25(17)13-14(3)26(20)15-9-7-8-10-16(15)29-12-6-2/h5-10,13H,1-2,11-12H2,3-4H3. The molecule has 0 unspecified atom stereocenters. The lowest BCUT2D eigenvalue weighted by atomic mass is 10.3. The fourth-order valence-electron chi connectivity index (χ4n) is 3.51. The van der Waals surface area contributed by atoms with Gasteiger partial charge in [0, 0.05) is 25.5 Å². The van der Waals surface area contributed by atoms with Gasteiger partial charge in [-0.2, -0.15) is 4.98 Å². The molecule has 3 heterocycles. The van der Waals surface area contributed by atoms with Gasteiger partial charge >= 0.3 is 5.69 Å². The smallest absolute Gasteiger partial charge is 0.332 e. The molecule has 148 valence electrons. The summed E-state index contributed by atoms with van der Waals surface area (Å²) in [5.74, 6) is 1.19. The first-order chi connectivity index (χ1) is 14.0. The first kappa shape index (κ1) is 18.5. The zero-order chi connectivity index (χ0) is 20.7. The van der Waals surface area contributed by atoms with Crippen LogP contribution >= 0.6 is 0 Å². The predicted molar refractivity (Wildman–Crippen MR) is 112 cm³/mol. The maximum absolute atomic E-state index is 13.0. The Morgan fingerprint density at radius 3 is 2.66 bits per heavy atom.